The lowest BCUT2D eigenvalue weighted by atomic mass is 9.78. The highest BCUT2D eigenvalue weighted by atomic mass is 32.2. The van der Waals surface area contributed by atoms with Gasteiger partial charge in [-0.1, -0.05) is 61.9 Å². The number of hydrogen-bond donors (Lipinski definition) is 0. The molecule has 0 bridgehead atoms. The summed E-state index contributed by atoms with van der Waals surface area (Å²) >= 11 is 1.55. The molecular weight excluding hydrogens is 418 g/mol. The van der Waals surface area contributed by atoms with E-state index in [9.17, 15) is 4.79 Å². The summed E-state index contributed by atoms with van der Waals surface area (Å²) in [5.41, 5.74) is 1.22. The summed E-state index contributed by atoms with van der Waals surface area (Å²) < 4.78 is 2.21. The molecule has 7 heteroatoms. The molecule has 0 unspecified atom stereocenters. The van der Waals surface area contributed by atoms with Gasteiger partial charge < -0.3 is 9.47 Å². The van der Waals surface area contributed by atoms with Gasteiger partial charge in [-0.05, 0) is 57.7 Å². The van der Waals surface area contributed by atoms with E-state index in [0.717, 1.165) is 36.9 Å². The van der Waals surface area contributed by atoms with Crippen LogP contribution in [0.25, 0.3) is 0 Å². The first kappa shape index (κ1) is 23.3. The molecule has 6 nitrogen and oxygen atoms in total. The van der Waals surface area contributed by atoms with Crippen molar-refractivity contribution in [2.45, 2.75) is 75.7 Å². The zero-order chi connectivity index (χ0) is 22.5. The lowest BCUT2D eigenvalue weighted by molar-refractivity contribution is -0.134. The molecule has 1 aromatic carbocycles. The fourth-order valence-corrected chi connectivity index (χ4v) is 6.32. The first-order chi connectivity index (χ1) is 15.6. The van der Waals surface area contributed by atoms with Crippen molar-refractivity contribution in [3.8, 4) is 0 Å². The third-order valence-electron chi connectivity index (χ3n) is 7.13. The highest BCUT2D eigenvalue weighted by Crippen LogP contribution is 2.36. The number of rotatable bonds is 8. The van der Waals surface area contributed by atoms with E-state index in [4.69, 9.17) is 0 Å². The van der Waals surface area contributed by atoms with Gasteiger partial charge in [0, 0.05) is 12.6 Å². The van der Waals surface area contributed by atoms with E-state index in [2.05, 4.69) is 69.8 Å². The smallest absolute Gasteiger partial charge is 0.233 e. The van der Waals surface area contributed by atoms with Crippen LogP contribution in [-0.2, 0) is 11.3 Å². The van der Waals surface area contributed by atoms with Crippen molar-refractivity contribution in [3.05, 3.63) is 41.7 Å². The number of thioether (sulfide) groups is 1. The maximum atomic E-state index is 13.2. The van der Waals surface area contributed by atoms with Gasteiger partial charge in [0.25, 0.3) is 0 Å². The molecule has 2 aliphatic rings. The zero-order valence-corrected chi connectivity index (χ0v) is 20.6. The monoisotopic (exact) mass is 455 g/mol. The molecule has 2 aromatic rings. The van der Waals surface area contributed by atoms with Crippen LogP contribution >= 0.6 is 11.8 Å². The topological polar surface area (TPSA) is 54.3 Å². The third kappa shape index (κ3) is 5.20. The van der Waals surface area contributed by atoms with Gasteiger partial charge in [0.2, 0.25) is 5.91 Å². The maximum Gasteiger partial charge on any atom is 0.233 e. The van der Waals surface area contributed by atoms with Gasteiger partial charge in [-0.15, -0.1) is 10.2 Å². The molecule has 1 saturated heterocycles. The van der Waals surface area contributed by atoms with Gasteiger partial charge in [-0.2, -0.15) is 0 Å². The van der Waals surface area contributed by atoms with Crippen molar-refractivity contribution in [1.29, 1.82) is 0 Å². The van der Waals surface area contributed by atoms with Crippen LogP contribution in [-0.4, -0.2) is 62.9 Å². The largest absolute Gasteiger partial charge is 0.339 e. The molecule has 2 fully saturated rings. The predicted octanol–water partition coefficient (Wildman–Crippen LogP) is 4.61. The number of carbonyl (C=O) groups excluding carboxylic acids is 1. The quantitative estimate of drug-likeness (QED) is 0.544. The first-order valence-electron chi connectivity index (χ1n) is 12.1. The second-order valence-electron chi connectivity index (χ2n) is 9.43. The number of amides is 1. The standard InChI is InChI=1S/C25H37N5OS/c1-4-21(28(2)3)24-26-27-25(30(24)17-19-11-6-5-7-12-19)32-18-23(31)29-16-10-14-20-13-8-9-15-22(20)29/h5-7,11-12,20-22H,4,8-10,13-18H2,1-3H3/t20-,21-,22-/m1/s1. The SMILES string of the molecule is CC[C@H](c1nnc(SCC(=O)N2CCC[C@H]3CCCC[C@H]32)n1Cc1ccccc1)N(C)C. The van der Waals surface area contributed by atoms with Crippen molar-refractivity contribution in [3.63, 3.8) is 0 Å². The zero-order valence-electron chi connectivity index (χ0n) is 19.7. The molecule has 0 N–H and O–H groups in total. The Morgan fingerprint density at radius 1 is 1.12 bits per heavy atom. The number of piperidine rings is 1. The first-order valence-corrected chi connectivity index (χ1v) is 13.1. The number of hydrogen-bond acceptors (Lipinski definition) is 5. The van der Waals surface area contributed by atoms with Gasteiger partial charge in [0.05, 0.1) is 18.3 Å². The summed E-state index contributed by atoms with van der Waals surface area (Å²) in [6, 6.07) is 11.1. The van der Waals surface area contributed by atoms with Gasteiger partial charge in [0.1, 0.15) is 0 Å². The van der Waals surface area contributed by atoms with Crippen LogP contribution in [0.4, 0.5) is 0 Å². The normalized spacial score (nSPS) is 22.1. The molecule has 32 heavy (non-hydrogen) atoms. The second kappa shape index (κ2) is 10.8. The molecule has 1 aliphatic carbocycles. The van der Waals surface area contributed by atoms with E-state index in [1.54, 1.807) is 11.8 Å². The molecular formula is C25H37N5OS. The van der Waals surface area contributed by atoms with Crippen molar-refractivity contribution in [1.82, 2.24) is 24.6 Å². The van der Waals surface area contributed by atoms with Crippen molar-refractivity contribution >= 4 is 17.7 Å². The average Bonchev–Trinajstić information content (AvgIpc) is 3.20. The summed E-state index contributed by atoms with van der Waals surface area (Å²) in [6.07, 6.45) is 8.45. The minimum atomic E-state index is 0.196. The van der Waals surface area contributed by atoms with Crippen LogP contribution in [0.2, 0.25) is 0 Å². The summed E-state index contributed by atoms with van der Waals surface area (Å²) in [5, 5.41) is 9.97. The summed E-state index contributed by atoms with van der Waals surface area (Å²) in [4.78, 5) is 17.6. The van der Waals surface area contributed by atoms with Crippen LogP contribution in [0.1, 0.15) is 69.3 Å². The Morgan fingerprint density at radius 3 is 2.62 bits per heavy atom. The Hall–Kier alpha value is -1.86. The Labute approximate surface area is 196 Å². The highest BCUT2D eigenvalue weighted by Gasteiger charge is 2.35. The van der Waals surface area contributed by atoms with Gasteiger partial charge in [0.15, 0.2) is 11.0 Å². The van der Waals surface area contributed by atoms with Crippen molar-refractivity contribution < 1.29 is 4.79 Å². The molecule has 1 aromatic heterocycles. The number of nitrogens with zero attached hydrogens (tertiary/aromatic N) is 5. The van der Waals surface area contributed by atoms with Gasteiger partial charge >= 0.3 is 0 Å². The highest BCUT2D eigenvalue weighted by molar-refractivity contribution is 7.99. The lowest BCUT2D eigenvalue weighted by Gasteiger charge is -2.44. The Morgan fingerprint density at radius 2 is 1.88 bits per heavy atom. The molecule has 4 rings (SSSR count). The van der Waals surface area contributed by atoms with E-state index >= 15 is 0 Å². The van der Waals surface area contributed by atoms with Crippen LogP contribution < -0.4 is 0 Å². The minimum absolute atomic E-state index is 0.196. The molecule has 0 spiro atoms. The Kier molecular flexibility index (Phi) is 7.89. The number of benzene rings is 1. The van der Waals surface area contributed by atoms with E-state index in [1.807, 2.05) is 6.07 Å². The lowest BCUT2D eigenvalue weighted by Crippen LogP contribution is -2.50. The van der Waals surface area contributed by atoms with Crippen molar-refractivity contribution in [2.75, 3.05) is 26.4 Å². The van der Waals surface area contributed by atoms with Gasteiger partial charge in [-0.3, -0.25) is 9.69 Å². The number of aromatic nitrogens is 3. The molecule has 2 heterocycles. The molecule has 174 valence electrons. The van der Waals surface area contributed by atoms with E-state index in [0.29, 0.717) is 17.7 Å². The van der Waals surface area contributed by atoms with E-state index in [-0.39, 0.29) is 11.9 Å². The summed E-state index contributed by atoms with van der Waals surface area (Å²) in [6.45, 7) is 3.82. The van der Waals surface area contributed by atoms with Crippen LogP contribution in [0.5, 0.6) is 0 Å². The van der Waals surface area contributed by atoms with E-state index < -0.39 is 0 Å². The van der Waals surface area contributed by atoms with Crippen LogP contribution in [0, 0.1) is 5.92 Å². The Balaban J connectivity index is 1.51. The van der Waals surface area contributed by atoms with E-state index in [1.165, 1.54) is 37.7 Å². The summed E-state index contributed by atoms with van der Waals surface area (Å²) in [5.74, 6) is 2.39. The second-order valence-corrected chi connectivity index (χ2v) is 10.4. The predicted molar refractivity (Wildman–Crippen MR) is 130 cm³/mol. The fraction of sp³-hybridized carbons (Fsp3) is 0.640. The number of carbonyl (C=O) groups is 1. The molecule has 0 radical (unpaired) electrons. The number of likely N-dealkylation sites (tertiary alicyclic amines) is 1. The minimum Gasteiger partial charge on any atom is -0.339 e. The number of fused-ring (bicyclic) bond motifs is 1. The van der Waals surface area contributed by atoms with Crippen LogP contribution in [0.3, 0.4) is 0 Å². The van der Waals surface area contributed by atoms with Crippen LogP contribution in [0.15, 0.2) is 35.5 Å². The third-order valence-corrected chi connectivity index (χ3v) is 8.08. The average molecular weight is 456 g/mol. The molecule has 3 atom stereocenters. The molecule has 1 aliphatic heterocycles. The van der Waals surface area contributed by atoms with Gasteiger partial charge in [-0.25, -0.2) is 0 Å². The molecule has 1 saturated carbocycles. The molecule has 1 amide bonds. The summed E-state index contributed by atoms with van der Waals surface area (Å²) in [7, 11) is 4.17. The Bertz CT molecular complexity index is 882. The fourth-order valence-electron chi connectivity index (χ4n) is 5.49. The maximum absolute atomic E-state index is 13.2. The van der Waals surface area contributed by atoms with Crippen molar-refractivity contribution in [2.24, 2.45) is 5.92 Å².